The highest BCUT2D eigenvalue weighted by molar-refractivity contribution is 6.36. The first-order chi connectivity index (χ1) is 11.5. The van der Waals surface area contributed by atoms with Gasteiger partial charge in [-0.3, -0.25) is 4.79 Å². The predicted molar refractivity (Wildman–Crippen MR) is 96.5 cm³/mol. The van der Waals surface area contributed by atoms with E-state index in [2.05, 4.69) is 6.07 Å². The molecule has 3 nitrogen and oxygen atoms in total. The first-order valence-corrected chi connectivity index (χ1v) is 8.62. The lowest BCUT2D eigenvalue weighted by Crippen LogP contribution is -2.42. The van der Waals surface area contributed by atoms with Crippen LogP contribution in [0.4, 0.5) is 0 Å². The second-order valence-electron chi connectivity index (χ2n) is 5.95. The summed E-state index contributed by atoms with van der Waals surface area (Å²) in [5.74, 6) is -0.00551. The highest BCUT2D eigenvalue weighted by Crippen LogP contribution is 2.37. The standard InChI is InChI=1S/C19H19Cl2NO2/c1-12-13-6-3-4-7-14(13)18(24-2)11-22(12)19(23)10-15-16(20)8-5-9-17(15)21/h3-9,12,18H,10-11H2,1-2H3/t12-,18-/m0/s1. The second kappa shape index (κ2) is 7.14. The highest BCUT2D eigenvalue weighted by atomic mass is 35.5. The van der Waals surface area contributed by atoms with Gasteiger partial charge >= 0.3 is 0 Å². The van der Waals surface area contributed by atoms with Gasteiger partial charge in [-0.25, -0.2) is 0 Å². The van der Waals surface area contributed by atoms with E-state index in [0.717, 1.165) is 11.1 Å². The lowest BCUT2D eigenvalue weighted by molar-refractivity contribution is -0.135. The Labute approximate surface area is 152 Å². The van der Waals surface area contributed by atoms with Gasteiger partial charge in [0.05, 0.1) is 19.0 Å². The van der Waals surface area contributed by atoms with E-state index in [4.69, 9.17) is 27.9 Å². The fourth-order valence-corrected chi connectivity index (χ4v) is 3.79. The van der Waals surface area contributed by atoms with Crippen LogP contribution in [-0.4, -0.2) is 24.5 Å². The van der Waals surface area contributed by atoms with E-state index in [9.17, 15) is 4.79 Å². The topological polar surface area (TPSA) is 29.5 Å². The zero-order valence-corrected chi connectivity index (χ0v) is 15.1. The van der Waals surface area contributed by atoms with Crippen molar-refractivity contribution in [3.63, 3.8) is 0 Å². The van der Waals surface area contributed by atoms with E-state index in [-0.39, 0.29) is 24.5 Å². The minimum absolute atomic E-state index is 0.00551. The lowest BCUT2D eigenvalue weighted by Gasteiger charge is -2.39. The first-order valence-electron chi connectivity index (χ1n) is 7.87. The van der Waals surface area contributed by atoms with Crippen molar-refractivity contribution in [2.24, 2.45) is 0 Å². The number of halogens is 2. The Balaban J connectivity index is 1.88. The molecule has 126 valence electrons. The normalized spacial score (nSPS) is 19.9. The summed E-state index contributed by atoms with van der Waals surface area (Å²) in [7, 11) is 1.67. The maximum atomic E-state index is 12.9. The molecule has 0 N–H and O–H groups in total. The number of methoxy groups -OCH3 is 1. The van der Waals surface area contributed by atoms with Crippen LogP contribution >= 0.6 is 23.2 Å². The van der Waals surface area contributed by atoms with E-state index in [1.54, 1.807) is 25.3 Å². The number of hydrogen-bond acceptors (Lipinski definition) is 2. The maximum absolute atomic E-state index is 12.9. The molecule has 0 spiro atoms. The summed E-state index contributed by atoms with van der Waals surface area (Å²) in [5, 5.41) is 1.04. The highest BCUT2D eigenvalue weighted by Gasteiger charge is 2.33. The van der Waals surface area contributed by atoms with Gasteiger partial charge in [0.25, 0.3) is 0 Å². The molecular weight excluding hydrogens is 345 g/mol. The molecule has 0 aromatic heterocycles. The Morgan fingerprint density at radius 3 is 2.38 bits per heavy atom. The van der Waals surface area contributed by atoms with Gasteiger partial charge in [-0.1, -0.05) is 53.5 Å². The molecule has 3 rings (SSSR count). The number of nitrogens with zero attached hydrogens (tertiary/aromatic N) is 1. The number of ether oxygens (including phenoxy) is 1. The Bertz CT molecular complexity index is 743. The molecule has 1 amide bonds. The lowest BCUT2D eigenvalue weighted by atomic mass is 9.91. The quantitative estimate of drug-likeness (QED) is 0.781. The van der Waals surface area contributed by atoms with E-state index >= 15 is 0 Å². The van der Waals surface area contributed by atoms with Crippen LogP contribution in [0.5, 0.6) is 0 Å². The monoisotopic (exact) mass is 363 g/mol. The number of fused-ring (bicyclic) bond motifs is 1. The Morgan fingerprint density at radius 1 is 1.12 bits per heavy atom. The van der Waals surface area contributed by atoms with E-state index in [1.807, 2.05) is 30.0 Å². The number of benzene rings is 2. The van der Waals surface area contributed by atoms with Crippen LogP contribution in [0.2, 0.25) is 10.0 Å². The molecule has 1 aliphatic rings. The van der Waals surface area contributed by atoms with Crippen molar-refractivity contribution >= 4 is 29.1 Å². The van der Waals surface area contributed by atoms with Crippen molar-refractivity contribution in [1.82, 2.24) is 4.90 Å². The van der Waals surface area contributed by atoms with Gasteiger partial charge in [0.2, 0.25) is 5.91 Å². The number of rotatable bonds is 3. The number of amides is 1. The van der Waals surface area contributed by atoms with Gasteiger partial charge in [-0.15, -0.1) is 0 Å². The summed E-state index contributed by atoms with van der Waals surface area (Å²) < 4.78 is 5.60. The fourth-order valence-electron chi connectivity index (χ4n) is 3.26. The first kappa shape index (κ1) is 17.3. The molecule has 2 atom stereocenters. The summed E-state index contributed by atoms with van der Waals surface area (Å²) in [6.45, 7) is 2.56. The molecule has 1 aliphatic heterocycles. The zero-order chi connectivity index (χ0) is 17.3. The summed E-state index contributed by atoms with van der Waals surface area (Å²) in [5.41, 5.74) is 2.94. The number of carbonyl (C=O) groups excluding carboxylic acids is 1. The molecule has 0 bridgehead atoms. The van der Waals surface area contributed by atoms with Crippen LogP contribution in [-0.2, 0) is 16.0 Å². The number of carbonyl (C=O) groups is 1. The van der Waals surface area contributed by atoms with Crippen molar-refractivity contribution in [3.8, 4) is 0 Å². The molecule has 2 aromatic rings. The smallest absolute Gasteiger partial charge is 0.227 e. The third kappa shape index (κ3) is 3.16. The summed E-state index contributed by atoms with van der Waals surface area (Å²) in [6.07, 6.45) is 0.0598. The predicted octanol–water partition coefficient (Wildman–Crippen LogP) is 4.83. The fraction of sp³-hybridized carbons (Fsp3) is 0.316. The van der Waals surface area contributed by atoms with Crippen molar-refractivity contribution in [2.75, 3.05) is 13.7 Å². The molecule has 2 aromatic carbocycles. The van der Waals surface area contributed by atoms with Crippen LogP contribution in [0.3, 0.4) is 0 Å². The SMILES string of the molecule is CO[C@H]1CN(C(=O)Cc2c(Cl)cccc2Cl)[C@@H](C)c2ccccc21. The molecule has 0 aliphatic carbocycles. The molecule has 0 saturated heterocycles. The van der Waals surface area contributed by atoms with Crippen LogP contribution < -0.4 is 0 Å². The van der Waals surface area contributed by atoms with Crippen molar-refractivity contribution in [1.29, 1.82) is 0 Å². The molecular formula is C19H19Cl2NO2. The van der Waals surface area contributed by atoms with E-state index < -0.39 is 0 Å². The third-order valence-electron chi connectivity index (χ3n) is 4.62. The summed E-state index contributed by atoms with van der Waals surface area (Å²) in [6, 6.07) is 13.4. The van der Waals surface area contributed by atoms with E-state index in [1.165, 1.54) is 0 Å². The Morgan fingerprint density at radius 2 is 1.75 bits per heavy atom. The molecule has 0 unspecified atom stereocenters. The van der Waals surface area contributed by atoms with Gasteiger partial charge in [0, 0.05) is 17.2 Å². The Hall–Kier alpha value is -1.55. The minimum atomic E-state index is -0.122. The van der Waals surface area contributed by atoms with Gasteiger partial charge in [-0.2, -0.15) is 0 Å². The average Bonchev–Trinajstić information content (AvgIpc) is 2.59. The van der Waals surface area contributed by atoms with Crippen molar-refractivity contribution in [2.45, 2.75) is 25.5 Å². The van der Waals surface area contributed by atoms with Gasteiger partial charge in [0.1, 0.15) is 6.10 Å². The van der Waals surface area contributed by atoms with Gasteiger partial charge < -0.3 is 9.64 Å². The largest absolute Gasteiger partial charge is 0.375 e. The van der Waals surface area contributed by atoms with Gasteiger partial charge in [0.15, 0.2) is 0 Å². The minimum Gasteiger partial charge on any atom is -0.375 e. The Kier molecular flexibility index (Phi) is 5.14. The molecule has 0 fully saturated rings. The second-order valence-corrected chi connectivity index (χ2v) is 6.77. The van der Waals surface area contributed by atoms with Crippen LogP contribution in [0.25, 0.3) is 0 Å². The van der Waals surface area contributed by atoms with Crippen LogP contribution in [0, 0.1) is 0 Å². The zero-order valence-electron chi connectivity index (χ0n) is 13.6. The average molecular weight is 364 g/mol. The van der Waals surface area contributed by atoms with Crippen molar-refractivity contribution in [3.05, 3.63) is 69.2 Å². The summed E-state index contributed by atoms with van der Waals surface area (Å²) in [4.78, 5) is 14.8. The molecule has 0 saturated carbocycles. The molecule has 5 heteroatoms. The maximum Gasteiger partial charge on any atom is 0.227 e. The summed E-state index contributed by atoms with van der Waals surface area (Å²) >= 11 is 12.4. The van der Waals surface area contributed by atoms with Gasteiger partial charge in [-0.05, 0) is 35.7 Å². The third-order valence-corrected chi connectivity index (χ3v) is 5.33. The van der Waals surface area contributed by atoms with E-state index in [0.29, 0.717) is 22.2 Å². The van der Waals surface area contributed by atoms with Crippen LogP contribution in [0.1, 0.15) is 35.8 Å². The molecule has 24 heavy (non-hydrogen) atoms. The number of hydrogen-bond donors (Lipinski definition) is 0. The van der Waals surface area contributed by atoms with Crippen LogP contribution in [0.15, 0.2) is 42.5 Å². The van der Waals surface area contributed by atoms with Crippen molar-refractivity contribution < 1.29 is 9.53 Å². The molecule has 1 heterocycles. The molecule has 0 radical (unpaired) electrons.